The maximum absolute atomic E-state index is 13.3. The van der Waals surface area contributed by atoms with Gasteiger partial charge >= 0.3 is 0 Å². The van der Waals surface area contributed by atoms with Gasteiger partial charge in [0.25, 0.3) is 0 Å². The zero-order valence-corrected chi connectivity index (χ0v) is 8.63. The summed E-state index contributed by atoms with van der Waals surface area (Å²) in [6.45, 7) is 0.696. The van der Waals surface area contributed by atoms with E-state index in [4.69, 9.17) is 5.26 Å². The monoisotopic (exact) mass is 204 g/mol. The van der Waals surface area contributed by atoms with Gasteiger partial charge < -0.3 is 5.32 Å². The van der Waals surface area contributed by atoms with Gasteiger partial charge in [-0.3, -0.25) is 0 Å². The van der Waals surface area contributed by atoms with Crippen molar-refractivity contribution in [2.24, 2.45) is 0 Å². The third kappa shape index (κ3) is 3.53. The van der Waals surface area contributed by atoms with Crippen LogP contribution in [0.2, 0.25) is 0 Å². The number of benzene rings is 1. The van der Waals surface area contributed by atoms with E-state index in [1.54, 1.807) is 18.2 Å². The van der Waals surface area contributed by atoms with Crippen LogP contribution in [0, 0.1) is 17.1 Å². The molecule has 2 nitrogen and oxygen atoms in total. The van der Waals surface area contributed by atoms with Crippen molar-refractivity contribution < 1.29 is 4.39 Å². The summed E-state index contributed by atoms with van der Waals surface area (Å²) >= 11 is 0. The Balaban J connectivity index is 2.86. The van der Waals surface area contributed by atoms with Crippen molar-refractivity contribution in [2.45, 2.75) is 6.42 Å². The van der Waals surface area contributed by atoms with Gasteiger partial charge in [0.1, 0.15) is 5.82 Å². The minimum absolute atomic E-state index is 0.260. The summed E-state index contributed by atoms with van der Waals surface area (Å²) in [5.74, 6) is -0.260. The van der Waals surface area contributed by atoms with E-state index in [-0.39, 0.29) is 5.82 Å². The quantitative estimate of drug-likeness (QED) is 0.815. The van der Waals surface area contributed by atoms with E-state index in [0.29, 0.717) is 18.5 Å². The first-order valence-electron chi connectivity index (χ1n) is 4.74. The van der Waals surface area contributed by atoms with E-state index in [2.05, 4.69) is 5.32 Å². The van der Waals surface area contributed by atoms with Crippen LogP contribution in [0.15, 0.2) is 24.3 Å². The lowest BCUT2D eigenvalue weighted by atomic mass is 10.1. The number of hydrogen-bond acceptors (Lipinski definition) is 2. The molecule has 0 amide bonds. The van der Waals surface area contributed by atoms with Crippen LogP contribution in [0.1, 0.15) is 11.1 Å². The zero-order valence-electron chi connectivity index (χ0n) is 8.63. The number of halogens is 1. The summed E-state index contributed by atoms with van der Waals surface area (Å²) < 4.78 is 13.3. The van der Waals surface area contributed by atoms with Crippen molar-refractivity contribution >= 4 is 6.08 Å². The fourth-order valence-corrected chi connectivity index (χ4v) is 1.23. The Morgan fingerprint density at radius 1 is 1.53 bits per heavy atom. The van der Waals surface area contributed by atoms with Crippen LogP contribution in [0.25, 0.3) is 6.08 Å². The number of nitrogens with zero attached hydrogens (tertiary/aromatic N) is 1. The molecule has 0 spiro atoms. The zero-order chi connectivity index (χ0) is 11.1. The highest BCUT2D eigenvalue weighted by atomic mass is 19.1. The van der Waals surface area contributed by atoms with Gasteiger partial charge in [0.05, 0.1) is 12.5 Å². The molecule has 0 saturated heterocycles. The molecule has 78 valence electrons. The van der Waals surface area contributed by atoms with Crippen molar-refractivity contribution in [1.82, 2.24) is 5.32 Å². The summed E-state index contributed by atoms with van der Waals surface area (Å²) in [4.78, 5) is 0. The molecule has 0 aliphatic carbocycles. The predicted molar refractivity (Wildman–Crippen MR) is 58.7 cm³/mol. The summed E-state index contributed by atoms with van der Waals surface area (Å²) in [7, 11) is 1.83. The van der Waals surface area contributed by atoms with Gasteiger partial charge in [-0.2, -0.15) is 5.26 Å². The fourth-order valence-electron chi connectivity index (χ4n) is 1.23. The van der Waals surface area contributed by atoms with Crippen molar-refractivity contribution in [3.8, 4) is 6.07 Å². The maximum atomic E-state index is 13.3. The average molecular weight is 204 g/mol. The van der Waals surface area contributed by atoms with E-state index >= 15 is 0 Å². The minimum atomic E-state index is -0.260. The van der Waals surface area contributed by atoms with Crippen molar-refractivity contribution in [2.75, 3.05) is 13.6 Å². The molecular weight excluding hydrogens is 191 g/mol. The van der Waals surface area contributed by atoms with Crippen LogP contribution in [0.4, 0.5) is 4.39 Å². The third-order valence-corrected chi connectivity index (χ3v) is 1.96. The molecule has 0 unspecified atom stereocenters. The van der Waals surface area contributed by atoms with Crippen LogP contribution in [0.5, 0.6) is 0 Å². The first kappa shape index (κ1) is 11.4. The minimum Gasteiger partial charge on any atom is -0.316 e. The Labute approximate surface area is 89.0 Å². The summed E-state index contributed by atoms with van der Waals surface area (Å²) in [6.07, 6.45) is 3.87. The second-order valence-electron chi connectivity index (χ2n) is 3.15. The molecule has 0 heterocycles. The fraction of sp³-hybridized carbons (Fsp3) is 0.250. The highest BCUT2D eigenvalue weighted by molar-refractivity contribution is 5.51. The molecule has 0 aromatic heterocycles. The van der Waals surface area contributed by atoms with Gasteiger partial charge in [0.2, 0.25) is 0 Å². The first-order valence-corrected chi connectivity index (χ1v) is 4.74. The molecule has 1 rings (SSSR count). The van der Waals surface area contributed by atoms with Crippen LogP contribution in [-0.4, -0.2) is 13.6 Å². The molecule has 0 fully saturated rings. The normalized spacial score (nSPS) is 10.5. The Kier molecular flexibility index (Phi) is 4.52. The van der Waals surface area contributed by atoms with Crippen molar-refractivity contribution in [3.05, 3.63) is 41.2 Å². The largest absolute Gasteiger partial charge is 0.316 e. The van der Waals surface area contributed by atoms with Crippen LogP contribution in [0.3, 0.4) is 0 Å². The molecule has 0 radical (unpaired) electrons. The second kappa shape index (κ2) is 5.94. The Bertz CT molecular complexity index is 391. The van der Waals surface area contributed by atoms with Crippen LogP contribution < -0.4 is 5.32 Å². The van der Waals surface area contributed by atoms with Gasteiger partial charge in [-0.15, -0.1) is 0 Å². The number of likely N-dealkylation sites (N-methyl/N-ethyl adjacent to an activating group) is 1. The number of nitriles is 1. The van der Waals surface area contributed by atoms with E-state index in [1.165, 1.54) is 6.07 Å². The summed E-state index contributed by atoms with van der Waals surface area (Å²) in [5, 5.41) is 11.5. The standard InChI is InChI=1S/C12H13FN2/c1-15-8-2-3-11-9-10(6-7-14)4-5-12(11)13/h2-5,9,15H,6,8H2,1H3. The highest BCUT2D eigenvalue weighted by Crippen LogP contribution is 2.12. The maximum Gasteiger partial charge on any atom is 0.130 e. The van der Waals surface area contributed by atoms with E-state index in [0.717, 1.165) is 5.56 Å². The number of rotatable bonds is 4. The van der Waals surface area contributed by atoms with Gasteiger partial charge in [-0.25, -0.2) is 4.39 Å². The summed E-state index contributed by atoms with van der Waals surface area (Å²) in [6, 6.07) is 6.77. The van der Waals surface area contributed by atoms with Crippen molar-refractivity contribution in [1.29, 1.82) is 5.26 Å². The first-order chi connectivity index (χ1) is 7.27. The third-order valence-electron chi connectivity index (χ3n) is 1.96. The Morgan fingerprint density at radius 3 is 3.00 bits per heavy atom. The van der Waals surface area contributed by atoms with Gasteiger partial charge in [-0.05, 0) is 24.7 Å². The molecule has 1 aromatic rings. The van der Waals surface area contributed by atoms with E-state index in [1.807, 2.05) is 19.2 Å². The molecule has 1 aromatic carbocycles. The van der Waals surface area contributed by atoms with Crippen LogP contribution in [-0.2, 0) is 6.42 Å². The molecule has 0 aliphatic heterocycles. The SMILES string of the molecule is CNCC=Cc1cc(CC#N)ccc1F. The van der Waals surface area contributed by atoms with E-state index in [9.17, 15) is 4.39 Å². The van der Waals surface area contributed by atoms with Gasteiger partial charge in [0.15, 0.2) is 0 Å². The van der Waals surface area contributed by atoms with E-state index < -0.39 is 0 Å². The second-order valence-corrected chi connectivity index (χ2v) is 3.15. The molecule has 15 heavy (non-hydrogen) atoms. The predicted octanol–water partition coefficient (Wildman–Crippen LogP) is 2.12. The molecule has 0 aliphatic rings. The molecule has 0 bridgehead atoms. The smallest absolute Gasteiger partial charge is 0.130 e. The molecule has 3 heteroatoms. The Morgan fingerprint density at radius 2 is 2.33 bits per heavy atom. The number of hydrogen-bond donors (Lipinski definition) is 1. The Hall–Kier alpha value is -1.66. The van der Waals surface area contributed by atoms with Crippen molar-refractivity contribution in [3.63, 3.8) is 0 Å². The van der Waals surface area contributed by atoms with Crippen LogP contribution >= 0.6 is 0 Å². The lowest BCUT2D eigenvalue weighted by molar-refractivity contribution is 0.624. The lowest BCUT2D eigenvalue weighted by Crippen LogP contribution is -2.03. The van der Waals surface area contributed by atoms with Gasteiger partial charge in [-0.1, -0.05) is 18.2 Å². The summed E-state index contributed by atoms with van der Waals surface area (Å²) in [5.41, 5.74) is 1.36. The highest BCUT2D eigenvalue weighted by Gasteiger charge is 1.99. The lowest BCUT2D eigenvalue weighted by Gasteiger charge is -2.00. The topological polar surface area (TPSA) is 35.8 Å². The molecule has 1 N–H and O–H groups in total. The molecular formula is C12H13FN2. The number of nitrogens with one attached hydrogen (secondary N) is 1. The molecule has 0 atom stereocenters. The average Bonchev–Trinajstić information content (AvgIpc) is 2.23. The van der Waals surface area contributed by atoms with Gasteiger partial charge in [0, 0.05) is 12.1 Å². The molecule has 0 saturated carbocycles.